The fourth-order valence-corrected chi connectivity index (χ4v) is 1.73. The van der Waals surface area contributed by atoms with Crippen LogP contribution in [0.5, 0.6) is 0 Å². The number of hydrogen-bond acceptors (Lipinski definition) is 2. The smallest absolute Gasteiger partial charge is 0.261 e. The van der Waals surface area contributed by atoms with Crippen LogP contribution in [0.15, 0.2) is 42.1 Å². The topological polar surface area (TPSA) is 31.4 Å². The summed E-state index contributed by atoms with van der Waals surface area (Å²) in [6.07, 6.45) is 5.13. The van der Waals surface area contributed by atoms with Gasteiger partial charge in [-0.25, -0.2) is 10.1 Å². The molecule has 0 aliphatic rings. The fourth-order valence-electron chi connectivity index (χ4n) is 1.73. The molecule has 96 valence electrons. The van der Waals surface area contributed by atoms with E-state index in [0.717, 1.165) is 18.7 Å². The minimum absolute atomic E-state index is 0.0935. The van der Waals surface area contributed by atoms with Crippen molar-refractivity contribution >= 4 is 11.8 Å². The van der Waals surface area contributed by atoms with E-state index in [2.05, 4.69) is 35.7 Å². The van der Waals surface area contributed by atoms with Crippen LogP contribution in [0.1, 0.15) is 19.4 Å². The van der Waals surface area contributed by atoms with Gasteiger partial charge in [-0.2, -0.15) is 0 Å². The Morgan fingerprint density at radius 3 is 2.42 bits per heavy atom. The highest BCUT2D eigenvalue weighted by atomic mass is 15.1. The molecule has 0 saturated carbocycles. The van der Waals surface area contributed by atoms with Gasteiger partial charge in [-0.3, -0.25) is 0 Å². The van der Waals surface area contributed by atoms with Gasteiger partial charge >= 0.3 is 0 Å². The largest absolute Gasteiger partial charge is 0.372 e. The summed E-state index contributed by atoms with van der Waals surface area (Å²) in [5.74, 6) is 0. The molecule has 0 radical (unpaired) electrons. The minimum atomic E-state index is 0.0935. The first-order chi connectivity index (χ1) is 9.24. The Bertz CT molecular complexity index is 519. The van der Waals surface area contributed by atoms with E-state index in [1.54, 1.807) is 6.08 Å². The summed E-state index contributed by atoms with van der Waals surface area (Å²) in [7, 11) is 0. The first-order valence-electron chi connectivity index (χ1n) is 6.26. The van der Waals surface area contributed by atoms with Crippen molar-refractivity contribution in [2.75, 3.05) is 18.0 Å². The van der Waals surface area contributed by atoms with Gasteiger partial charge in [0.15, 0.2) is 0 Å². The maximum absolute atomic E-state index is 8.60. The molecule has 0 saturated heterocycles. The number of nitriles is 1. The van der Waals surface area contributed by atoms with Gasteiger partial charge in [0.2, 0.25) is 0 Å². The first-order valence-corrected chi connectivity index (χ1v) is 6.26. The predicted molar refractivity (Wildman–Crippen MR) is 79.3 cm³/mol. The molecular formula is C16H17N3. The van der Waals surface area contributed by atoms with Crippen LogP contribution < -0.4 is 4.90 Å². The molecule has 3 nitrogen and oxygen atoms in total. The lowest BCUT2D eigenvalue weighted by Gasteiger charge is -2.20. The van der Waals surface area contributed by atoms with Crippen LogP contribution in [-0.4, -0.2) is 13.1 Å². The van der Waals surface area contributed by atoms with E-state index in [1.807, 2.05) is 24.3 Å². The van der Waals surface area contributed by atoms with Crippen molar-refractivity contribution in [2.45, 2.75) is 13.8 Å². The number of nitrogens with zero attached hydrogens (tertiary/aromatic N) is 3. The fraction of sp³-hybridized carbons (Fsp3) is 0.250. The summed E-state index contributed by atoms with van der Waals surface area (Å²) in [6.45, 7) is 13.0. The lowest BCUT2D eigenvalue weighted by atomic mass is 10.1. The summed E-state index contributed by atoms with van der Waals surface area (Å²) in [5.41, 5.74) is 2.35. The van der Waals surface area contributed by atoms with Crippen molar-refractivity contribution in [3.05, 3.63) is 59.1 Å². The quantitative estimate of drug-likeness (QED) is 0.452. The zero-order valence-electron chi connectivity index (χ0n) is 11.3. The molecule has 1 rings (SSSR count). The molecule has 3 heteroatoms. The third-order valence-electron chi connectivity index (χ3n) is 2.80. The van der Waals surface area contributed by atoms with Gasteiger partial charge in [-0.05, 0) is 37.6 Å². The highest BCUT2D eigenvalue weighted by Crippen LogP contribution is 2.15. The molecule has 0 aliphatic heterocycles. The molecular weight excluding hydrogens is 234 g/mol. The van der Waals surface area contributed by atoms with E-state index in [0.29, 0.717) is 0 Å². The van der Waals surface area contributed by atoms with Gasteiger partial charge in [-0.15, -0.1) is 0 Å². The maximum Gasteiger partial charge on any atom is 0.261 e. The summed E-state index contributed by atoms with van der Waals surface area (Å²) >= 11 is 0. The molecule has 0 heterocycles. The summed E-state index contributed by atoms with van der Waals surface area (Å²) in [6, 6.07) is 10.0. The highest BCUT2D eigenvalue weighted by Gasteiger charge is 1.99. The Morgan fingerprint density at radius 1 is 1.32 bits per heavy atom. The van der Waals surface area contributed by atoms with E-state index >= 15 is 0 Å². The predicted octanol–water partition coefficient (Wildman–Crippen LogP) is 3.87. The number of anilines is 1. The van der Waals surface area contributed by atoms with E-state index in [4.69, 9.17) is 11.8 Å². The average molecular weight is 251 g/mol. The molecule has 1 aromatic rings. The lowest BCUT2D eigenvalue weighted by Crippen LogP contribution is -2.21. The molecule has 0 spiro atoms. The van der Waals surface area contributed by atoms with E-state index in [-0.39, 0.29) is 5.70 Å². The highest BCUT2D eigenvalue weighted by molar-refractivity contribution is 5.57. The number of benzene rings is 1. The third-order valence-corrected chi connectivity index (χ3v) is 2.80. The van der Waals surface area contributed by atoms with E-state index in [1.165, 1.54) is 11.8 Å². The second kappa shape index (κ2) is 7.74. The van der Waals surface area contributed by atoms with Gasteiger partial charge in [0.1, 0.15) is 0 Å². The lowest BCUT2D eigenvalue weighted by molar-refractivity contribution is 0.866. The van der Waals surface area contributed by atoms with Crippen molar-refractivity contribution in [3.63, 3.8) is 0 Å². The standard InChI is InChI=1S/C16H17N3/c1-4-19(5-2)16-11-9-14(10-12-16)7-6-8-15(13-17)18-3/h6-12H,4-5H2,1-2H3. The van der Waals surface area contributed by atoms with Crippen LogP contribution in [0, 0.1) is 17.9 Å². The van der Waals surface area contributed by atoms with Gasteiger partial charge in [0.05, 0.1) is 12.6 Å². The van der Waals surface area contributed by atoms with Crippen LogP contribution in [0.2, 0.25) is 0 Å². The van der Waals surface area contributed by atoms with E-state index in [9.17, 15) is 0 Å². The van der Waals surface area contributed by atoms with Crippen LogP contribution in [0.4, 0.5) is 5.69 Å². The second-order valence-electron chi connectivity index (χ2n) is 3.90. The van der Waals surface area contributed by atoms with Crippen molar-refractivity contribution in [1.82, 2.24) is 0 Å². The summed E-state index contributed by atoms with van der Waals surface area (Å²) in [4.78, 5) is 5.37. The first kappa shape index (κ1) is 14.5. The van der Waals surface area contributed by atoms with Crippen molar-refractivity contribution in [3.8, 4) is 6.07 Å². The molecule has 19 heavy (non-hydrogen) atoms. The molecule has 0 unspecified atom stereocenters. The number of allylic oxidation sites excluding steroid dienone is 3. The molecule has 0 atom stereocenters. The average Bonchev–Trinajstić information content (AvgIpc) is 2.46. The summed E-state index contributed by atoms with van der Waals surface area (Å²) < 4.78 is 0. The van der Waals surface area contributed by atoms with Crippen LogP contribution in [0.25, 0.3) is 10.9 Å². The Kier molecular flexibility index (Phi) is 5.92. The van der Waals surface area contributed by atoms with Crippen molar-refractivity contribution < 1.29 is 0 Å². The van der Waals surface area contributed by atoms with E-state index < -0.39 is 0 Å². The Labute approximate surface area is 114 Å². The Hall–Kier alpha value is -2.52. The molecule has 0 N–H and O–H groups in total. The maximum atomic E-state index is 8.60. The second-order valence-corrected chi connectivity index (χ2v) is 3.90. The van der Waals surface area contributed by atoms with Crippen molar-refractivity contribution in [2.24, 2.45) is 0 Å². The van der Waals surface area contributed by atoms with Gasteiger partial charge in [-0.1, -0.05) is 24.3 Å². The molecule has 0 aromatic heterocycles. The van der Waals surface area contributed by atoms with Crippen LogP contribution in [0.3, 0.4) is 0 Å². The van der Waals surface area contributed by atoms with Gasteiger partial charge in [0, 0.05) is 18.8 Å². The van der Waals surface area contributed by atoms with Gasteiger partial charge in [0.25, 0.3) is 5.70 Å². The molecule has 0 bridgehead atoms. The number of rotatable bonds is 5. The number of hydrogen-bond donors (Lipinski definition) is 0. The molecule has 0 aliphatic carbocycles. The van der Waals surface area contributed by atoms with Crippen LogP contribution in [-0.2, 0) is 0 Å². The molecule has 0 fully saturated rings. The normalized spacial score (nSPS) is 11.1. The zero-order valence-corrected chi connectivity index (χ0v) is 11.3. The van der Waals surface area contributed by atoms with Crippen LogP contribution >= 0.6 is 0 Å². The SMILES string of the molecule is [C-]#[N+]C(C#N)=CC=Cc1ccc(N(CC)CC)cc1. The monoisotopic (exact) mass is 251 g/mol. The zero-order chi connectivity index (χ0) is 14.1. The molecule has 0 amide bonds. The Morgan fingerprint density at radius 2 is 1.95 bits per heavy atom. The van der Waals surface area contributed by atoms with Crippen molar-refractivity contribution in [1.29, 1.82) is 5.26 Å². The van der Waals surface area contributed by atoms with Gasteiger partial charge < -0.3 is 4.90 Å². The minimum Gasteiger partial charge on any atom is -0.372 e. The summed E-state index contributed by atoms with van der Waals surface area (Å²) in [5, 5.41) is 8.60. The molecule has 1 aromatic carbocycles. The Balaban J connectivity index is 2.79. The third kappa shape index (κ3) is 4.33.